The van der Waals surface area contributed by atoms with Crippen molar-refractivity contribution in [2.24, 2.45) is 0 Å². The quantitative estimate of drug-likeness (QED) is 0.692. The van der Waals surface area contributed by atoms with E-state index in [9.17, 15) is 0 Å². The van der Waals surface area contributed by atoms with Crippen LogP contribution in [0.15, 0.2) is 30.6 Å². The summed E-state index contributed by atoms with van der Waals surface area (Å²) in [6, 6.07) is 7.42. The second-order valence-corrected chi connectivity index (χ2v) is 4.64. The number of benzene rings is 1. The highest BCUT2D eigenvalue weighted by atomic mass is 35.5. The van der Waals surface area contributed by atoms with E-state index >= 15 is 0 Å². The third-order valence-electron chi connectivity index (χ3n) is 2.91. The van der Waals surface area contributed by atoms with E-state index in [1.54, 1.807) is 0 Å². The number of rotatable bonds is 4. The molecule has 0 radical (unpaired) electrons. The third-order valence-corrected chi connectivity index (χ3v) is 3.27. The van der Waals surface area contributed by atoms with Crippen LogP contribution in [0.4, 0.5) is 0 Å². The molecule has 3 aromatic rings. The minimum atomic E-state index is 0.333. The average Bonchev–Trinajstić information content (AvgIpc) is 2.93. The van der Waals surface area contributed by atoms with Crippen LogP contribution in [-0.2, 0) is 0 Å². The molecule has 3 rings (SSSR count). The van der Waals surface area contributed by atoms with Crippen LogP contribution < -0.4 is 9.47 Å². The van der Waals surface area contributed by atoms with Crippen LogP contribution in [0, 0.1) is 6.92 Å². The van der Waals surface area contributed by atoms with Crippen molar-refractivity contribution < 1.29 is 9.47 Å². The van der Waals surface area contributed by atoms with Crippen LogP contribution in [0.25, 0.3) is 5.78 Å². The number of ether oxygens (including phenoxy) is 2. The number of hydrogen-bond acceptors (Lipinski definition) is 5. The van der Waals surface area contributed by atoms with E-state index in [2.05, 4.69) is 15.1 Å². The first-order valence-electron chi connectivity index (χ1n) is 6.46. The summed E-state index contributed by atoms with van der Waals surface area (Å²) in [6.45, 7) is 4.28. The number of nitrogens with zero attached hydrogens (tertiary/aromatic N) is 4. The summed E-state index contributed by atoms with van der Waals surface area (Å²) in [5, 5.41) is 4.44. The minimum Gasteiger partial charge on any atom is -0.490 e. The van der Waals surface area contributed by atoms with E-state index in [4.69, 9.17) is 21.1 Å². The van der Waals surface area contributed by atoms with E-state index in [0.717, 1.165) is 0 Å². The average molecular weight is 305 g/mol. The van der Waals surface area contributed by atoms with Crippen molar-refractivity contribution in [3.8, 4) is 17.4 Å². The molecule has 1 aromatic carbocycles. The van der Waals surface area contributed by atoms with Crippen LogP contribution in [0.3, 0.4) is 0 Å². The SMILES string of the molecule is CCOc1ccccc1Oc1c(C)c(Cl)nc2ncnn12. The molecule has 0 bridgehead atoms. The normalized spacial score (nSPS) is 10.8. The Morgan fingerprint density at radius 2 is 2.00 bits per heavy atom. The molecule has 6 nitrogen and oxygen atoms in total. The molecule has 108 valence electrons. The molecular formula is C14H13ClN4O2. The third kappa shape index (κ3) is 2.50. The fourth-order valence-electron chi connectivity index (χ4n) is 1.91. The Morgan fingerprint density at radius 3 is 2.76 bits per heavy atom. The first-order valence-corrected chi connectivity index (χ1v) is 6.84. The van der Waals surface area contributed by atoms with Gasteiger partial charge in [0.05, 0.1) is 6.61 Å². The fourth-order valence-corrected chi connectivity index (χ4v) is 2.06. The van der Waals surface area contributed by atoms with E-state index in [1.807, 2.05) is 38.1 Å². The molecule has 0 unspecified atom stereocenters. The van der Waals surface area contributed by atoms with Crippen LogP contribution >= 0.6 is 11.6 Å². The molecule has 0 fully saturated rings. The number of fused-ring (bicyclic) bond motifs is 1. The predicted octanol–water partition coefficient (Wildman–Crippen LogP) is 3.28. The van der Waals surface area contributed by atoms with Crippen LogP contribution in [0.2, 0.25) is 5.15 Å². The maximum atomic E-state index is 6.11. The second kappa shape index (κ2) is 5.57. The van der Waals surface area contributed by atoms with Crippen molar-refractivity contribution in [3.63, 3.8) is 0 Å². The molecule has 7 heteroatoms. The largest absolute Gasteiger partial charge is 0.490 e. The Hall–Kier alpha value is -2.34. The number of halogens is 1. The molecular weight excluding hydrogens is 292 g/mol. The van der Waals surface area contributed by atoms with Crippen molar-refractivity contribution >= 4 is 17.4 Å². The molecule has 0 N–H and O–H groups in total. The first-order chi connectivity index (χ1) is 10.2. The van der Waals surface area contributed by atoms with E-state index in [-0.39, 0.29) is 0 Å². The van der Waals surface area contributed by atoms with Gasteiger partial charge in [0.2, 0.25) is 5.88 Å². The zero-order chi connectivity index (χ0) is 14.8. The lowest BCUT2D eigenvalue weighted by atomic mass is 10.3. The molecule has 0 aliphatic heterocycles. The van der Waals surface area contributed by atoms with E-state index < -0.39 is 0 Å². The zero-order valence-corrected chi connectivity index (χ0v) is 12.3. The monoisotopic (exact) mass is 304 g/mol. The lowest BCUT2D eigenvalue weighted by molar-refractivity contribution is 0.317. The Balaban J connectivity index is 2.10. The second-order valence-electron chi connectivity index (χ2n) is 4.29. The van der Waals surface area contributed by atoms with Gasteiger partial charge in [0.25, 0.3) is 5.78 Å². The minimum absolute atomic E-state index is 0.333. The van der Waals surface area contributed by atoms with Gasteiger partial charge in [-0.2, -0.15) is 19.6 Å². The standard InChI is InChI=1S/C14H13ClN4O2/c1-3-20-10-6-4-5-7-11(10)21-13-9(2)12(15)18-14-16-8-17-19(13)14/h4-8H,3H2,1-2H3. The molecule has 0 saturated carbocycles. The maximum absolute atomic E-state index is 6.11. The van der Waals surface area contributed by atoms with E-state index in [0.29, 0.717) is 40.5 Å². The van der Waals surface area contributed by atoms with Crippen molar-refractivity contribution in [1.29, 1.82) is 0 Å². The highest BCUT2D eigenvalue weighted by molar-refractivity contribution is 6.30. The summed E-state index contributed by atoms with van der Waals surface area (Å²) in [5.41, 5.74) is 0.681. The van der Waals surface area contributed by atoms with Gasteiger partial charge in [0, 0.05) is 5.56 Å². The van der Waals surface area contributed by atoms with Gasteiger partial charge in [-0.05, 0) is 26.0 Å². The number of hydrogen-bond donors (Lipinski definition) is 0. The molecule has 21 heavy (non-hydrogen) atoms. The molecule has 0 saturated heterocycles. The predicted molar refractivity (Wildman–Crippen MR) is 78.2 cm³/mol. The van der Waals surface area contributed by atoms with Crippen molar-refractivity contribution in [2.75, 3.05) is 6.61 Å². The Kier molecular flexibility index (Phi) is 3.62. The van der Waals surface area contributed by atoms with Gasteiger partial charge in [-0.25, -0.2) is 0 Å². The summed E-state index contributed by atoms with van der Waals surface area (Å²) in [4.78, 5) is 8.17. The summed E-state index contributed by atoms with van der Waals surface area (Å²) >= 11 is 6.11. The molecule has 2 heterocycles. The highest BCUT2D eigenvalue weighted by Gasteiger charge is 2.16. The topological polar surface area (TPSA) is 61.5 Å². The lowest BCUT2D eigenvalue weighted by Gasteiger charge is -2.13. The van der Waals surface area contributed by atoms with Gasteiger partial charge in [-0.15, -0.1) is 0 Å². The van der Waals surface area contributed by atoms with Crippen molar-refractivity contribution in [3.05, 3.63) is 41.3 Å². The fraction of sp³-hybridized carbons (Fsp3) is 0.214. The van der Waals surface area contributed by atoms with Gasteiger partial charge < -0.3 is 9.47 Å². The van der Waals surface area contributed by atoms with Crippen LogP contribution in [0.1, 0.15) is 12.5 Å². The van der Waals surface area contributed by atoms with Crippen LogP contribution in [0.5, 0.6) is 17.4 Å². The van der Waals surface area contributed by atoms with Crippen LogP contribution in [-0.4, -0.2) is 26.2 Å². The van der Waals surface area contributed by atoms with Gasteiger partial charge >= 0.3 is 0 Å². The first kappa shape index (κ1) is 13.6. The van der Waals surface area contributed by atoms with Crippen molar-refractivity contribution in [1.82, 2.24) is 19.6 Å². The summed E-state index contributed by atoms with van der Waals surface area (Å²) in [5.74, 6) is 2.09. The summed E-state index contributed by atoms with van der Waals surface area (Å²) < 4.78 is 13.0. The van der Waals surface area contributed by atoms with E-state index in [1.165, 1.54) is 10.8 Å². The van der Waals surface area contributed by atoms with Gasteiger partial charge in [0.1, 0.15) is 11.5 Å². The van der Waals surface area contributed by atoms with Gasteiger partial charge in [-0.3, -0.25) is 0 Å². The molecule has 2 aromatic heterocycles. The maximum Gasteiger partial charge on any atom is 0.256 e. The number of para-hydroxylation sites is 2. The molecule has 0 amide bonds. The molecule has 0 atom stereocenters. The highest BCUT2D eigenvalue weighted by Crippen LogP contribution is 2.34. The molecule has 0 aliphatic rings. The smallest absolute Gasteiger partial charge is 0.256 e. The number of aromatic nitrogens is 4. The Bertz CT molecular complexity index is 788. The van der Waals surface area contributed by atoms with Gasteiger partial charge in [-0.1, -0.05) is 23.7 Å². The lowest BCUT2D eigenvalue weighted by Crippen LogP contribution is -2.03. The Morgan fingerprint density at radius 1 is 1.24 bits per heavy atom. The zero-order valence-electron chi connectivity index (χ0n) is 11.6. The molecule has 0 spiro atoms. The van der Waals surface area contributed by atoms with Gasteiger partial charge in [0.15, 0.2) is 11.5 Å². The molecule has 0 aliphatic carbocycles. The summed E-state index contributed by atoms with van der Waals surface area (Å²) in [7, 11) is 0. The Labute approximate surface area is 126 Å². The summed E-state index contributed by atoms with van der Waals surface area (Å²) in [6.07, 6.45) is 1.40. The van der Waals surface area contributed by atoms with Crippen molar-refractivity contribution in [2.45, 2.75) is 13.8 Å².